The number of aromatic hydroxyl groups is 1. The predicted octanol–water partition coefficient (Wildman–Crippen LogP) is 5.37. The minimum atomic E-state index is -0.0795. The molecule has 0 radical (unpaired) electrons. The molecule has 0 saturated heterocycles. The molecule has 1 heterocycles. The van der Waals surface area contributed by atoms with Gasteiger partial charge in [0.1, 0.15) is 17.7 Å². The number of unbranched alkanes of at least 4 members (excludes halogenated alkanes) is 6. The molecule has 1 atom stereocenters. The van der Waals surface area contributed by atoms with Gasteiger partial charge in [-0.05, 0) is 30.5 Å². The Balaban J connectivity index is 1.59. The van der Waals surface area contributed by atoms with E-state index in [0.717, 1.165) is 50.4 Å². The molecule has 38 heavy (non-hydrogen) atoms. The van der Waals surface area contributed by atoms with Crippen molar-refractivity contribution in [3.05, 3.63) is 66.2 Å². The lowest BCUT2D eigenvalue weighted by atomic mass is 9.99. The Kier molecular flexibility index (Phi) is 11.6. The highest BCUT2D eigenvalue weighted by molar-refractivity contribution is 5.75. The Bertz CT molecular complexity index is 1160. The Hall–Kier alpha value is -3.94. The van der Waals surface area contributed by atoms with Crippen LogP contribution in [0.2, 0.25) is 0 Å². The van der Waals surface area contributed by atoms with E-state index in [1.54, 1.807) is 29.2 Å². The first-order chi connectivity index (χ1) is 18.5. The number of amides is 1. The Morgan fingerprint density at radius 3 is 2.42 bits per heavy atom. The molecule has 2 aromatic carbocycles. The number of carbonyl (C=O) groups excluding carboxylic acids is 2. The van der Waals surface area contributed by atoms with Gasteiger partial charge in [0.25, 0.3) is 0 Å². The molecule has 3 aromatic rings. The summed E-state index contributed by atoms with van der Waals surface area (Å²) in [6.07, 6.45) is 8.19. The molecule has 1 aromatic heterocycles. The zero-order valence-electron chi connectivity index (χ0n) is 22.1. The van der Waals surface area contributed by atoms with Gasteiger partial charge in [-0.25, -0.2) is 0 Å². The van der Waals surface area contributed by atoms with Crippen LogP contribution in [0.15, 0.2) is 60.7 Å². The first kappa shape index (κ1) is 28.6. The standard InChI is InChI=1S/C30H38N4O4/c1-34(29(37)18-10-5-3-2-4-6-13-19-35)21-24(23-14-8-7-9-15-23)22-38-28-20-26(32-33-30(28)31)25-16-11-12-17-27(25)36/h7-9,11-12,14-17,19-20,24,36H,2-6,10,13,18,21-22H2,1H3,(H2,31,33). The number of nitrogens with two attached hydrogens (primary N) is 1. The van der Waals surface area contributed by atoms with Gasteiger partial charge in [0.2, 0.25) is 5.91 Å². The van der Waals surface area contributed by atoms with Gasteiger partial charge in [0.15, 0.2) is 11.6 Å². The van der Waals surface area contributed by atoms with Crippen molar-refractivity contribution in [1.82, 2.24) is 15.1 Å². The van der Waals surface area contributed by atoms with Crippen LogP contribution in [0.25, 0.3) is 11.3 Å². The molecule has 0 fully saturated rings. The fraction of sp³-hybridized carbons (Fsp3) is 0.400. The van der Waals surface area contributed by atoms with E-state index in [4.69, 9.17) is 10.5 Å². The van der Waals surface area contributed by atoms with Crippen LogP contribution in [0.4, 0.5) is 5.82 Å². The highest BCUT2D eigenvalue weighted by Crippen LogP contribution is 2.31. The normalized spacial score (nSPS) is 11.6. The lowest BCUT2D eigenvalue weighted by Crippen LogP contribution is -2.33. The number of nitrogens with zero attached hydrogens (tertiary/aromatic N) is 3. The largest absolute Gasteiger partial charge is 0.507 e. The summed E-state index contributed by atoms with van der Waals surface area (Å²) in [7, 11) is 1.83. The summed E-state index contributed by atoms with van der Waals surface area (Å²) in [5.74, 6) is 0.661. The third kappa shape index (κ3) is 8.87. The number of benzene rings is 2. The average molecular weight is 519 g/mol. The second kappa shape index (κ2) is 15.3. The van der Waals surface area contributed by atoms with Gasteiger partial charge in [-0.3, -0.25) is 4.79 Å². The van der Waals surface area contributed by atoms with Crippen molar-refractivity contribution in [3.8, 4) is 22.8 Å². The molecule has 8 heteroatoms. The number of carbonyl (C=O) groups is 2. The minimum absolute atomic E-state index is 0.0795. The van der Waals surface area contributed by atoms with Crippen LogP contribution in [-0.2, 0) is 9.59 Å². The number of para-hydroxylation sites is 1. The summed E-state index contributed by atoms with van der Waals surface area (Å²) in [6.45, 7) is 0.790. The number of nitrogen functional groups attached to an aromatic ring is 1. The summed E-state index contributed by atoms with van der Waals surface area (Å²) in [4.78, 5) is 25.0. The van der Waals surface area contributed by atoms with Crippen molar-refractivity contribution in [2.45, 2.75) is 57.3 Å². The van der Waals surface area contributed by atoms with Gasteiger partial charge in [-0.1, -0.05) is 68.1 Å². The second-order valence-electron chi connectivity index (χ2n) is 9.52. The van der Waals surface area contributed by atoms with Gasteiger partial charge < -0.3 is 25.3 Å². The molecule has 3 rings (SSSR count). The minimum Gasteiger partial charge on any atom is -0.507 e. The third-order valence-corrected chi connectivity index (χ3v) is 6.56. The van der Waals surface area contributed by atoms with Crippen molar-refractivity contribution in [2.24, 2.45) is 0 Å². The number of hydrogen-bond acceptors (Lipinski definition) is 7. The summed E-state index contributed by atoms with van der Waals surface area (Å²) < 4.78 is 6.12. The highest BCUT2D eigenvalue weighted by Gasteiger charge is 2.20. The summed E-state index contributed by atoms with van der Waals surface area (Å²) >= 11 is 0. The first-order valence-electron chi connectivity index (χ1n) is 13.3. The lowest BCUT2D eigenvalue weighted by Gasteiger charge is -2.25. The molecular formula is C30H38N4O4. The number of anilines is 1. The fourth-order valence-electron chi connectivity index (χ4n) is 4.33. The predicted molar refractivity (Wildman–Crippen MR) is 149 cm³/mol. The van der Waals surface area contributed by atoms with E-state index in [9.17, 15) is 14.7 Å². The van der Waals surface area contributed by atoms with Crippen LogP contribution in [0.3, 0.4) is 0 Å². The molecule has 0 spiro atoms. The molecule has 0 aliphatic carbocycles. The number of phenolic OH excluding ortho intramolecular Hbond substituents is 1. The maximum Gasteiger partial charge on any atom is 0.222 e. The number of hydrogen-bond donors (Lipinski definition) is 2. The maximum atomic E-state index is 12.8. The fourth-order valence-corrected chi connectivity index (χ4v) is 4.33. The SMILES string of the molecule is CN(CC(COc1cc(-c2ccccc2O)nnc1N)c1ccccc1)C(=O)CCCCCCCCC=O. The van der Waals surface area contributed by atoms with Crippen LogP contribution in [0.1, 0.15) is 62.8 Å². The number of ether oxygens (including phenoxy) is 1. The Labute approximate surface area is 224 Å². The monoisotopic (exact) mass is 518 g/mol. The van der Waals surface area contributed by atoms with E-state index in [1.807, 2.05) is 43.4 Å². The maximum absolute atomic E-state index is 12.8. The molecular weight excluding hydrogens is 480 g/mol. The smallest absolute Gasteiger partial charge is 0.222 e. The number of aldehydes is 1. The van der Waals surface area contributed by atoms with Crippen molar-refractivity contribution >= 4 is 18.0 Å². The number of phenols is 1. The van der Waals surface area contributed by atoms with E-state index in [0.29, 0.717) is 43.0 Å². The van der Waals surface area contributed by atoms with E-state index in [2.05, 4.69) is 10.2 Å². The number of rotatable bonds is 16. The van der Waals surface area contributed by atoms with E-state index >= 15 is 0 Å². The second-order valence-corrected chi connectivity index (χ2v) is 9.52. The molecule has 202 valence electrons. The van der Waals surface area contributed by atoms with Crippen molar-refractivity contribution in [3.63, 3.8) is 0 Å². The van der Waals surface area contributed by atoms with Gasteiger partial charge in [0, 0.05) is 44.0 Å². The summed E-state index contributed by atoms with van der Waals surface area (Å²) in [6, 6.07) is 18.5. The van der Waals surface area contributed by atoms with Crippen LogP contribution in [0, 0.1) is 0 Å². The van der Waals surface area contributed by atoms with E-state index < -0.39 is 0 Å². The molecule has 1 amide bonds. The molecule has 0 aliphatic heterocycles. The van der Waals surface area contributed by atoms with Crippen molar-refractivity contribution in [1.29, 1.82) is 0 Å². The molecule has 8 nitrogen and oxygen atoms in total. The van der Waals surface area contributed by atoms with Crippen LogP contribution in [0.5, 0.6) is 11.5 Å². The summed E-state index contributed by atoms with van der Waals surface area (Å²) in [5, 5.41) is 18.3. The molecule has 1 unspecified atom stereocenters. The van der Waals surface area contributed by atoms with Crippen molar-refractivity contribution in [2.75, 3.05) is 25.9 Å². The quantitative estimate of drug-likeness (QED) is 0.193. The molecule has 3 N–H and O–H groups in total. The lowest BCUT2D eigenvalue weighted by molar-refractivity contribution is -0.130. The van der Waals surface area contributed by atoms with Crippen molar-refractivity contribution < 1.29 is 19.4 Å². The molecule has 0 saturated carbocycles. The van der Waals surface area contributed by atoms with Gasteiger partial charge in [-0.15, -0.1) is 10.2 Å². The topological polar surface area (TPSA) is 119 Å². The number of aromatic nitrogens is 2. The first-order valence-corrected chi connectivity index (χ1v) is 13.3. The zero-order chi connectivity index (χ0) is 27.2. The summed E-state index contributed by atoms with van der Waals surface area (Å²) in [5.41, 5.74) is 8.11. The Morgan fingerprint density at radius 2 is 1.68 bits per heavy atom. The molecule has 0 bridgehead atoms. The van der Waals surface area contributed by atoms with Gasteiger partial charge in [0.05, 0.1) is 6.61 Å². The average Bonchev–Trinajstić information content (AvgIpc) is 2.94. The Morgan fingerprint density at radius 1 is 1.00 bits per heavy atom. The zero-order valence-corrected chi connectivity index (χ0v) is 22.1. The van der Waals surface area contributed by atoms with E-state index in [-0.39, 0.29) is 23.4 Å². The van der Waals surface area contributed by atoms with Crippen LogP contribution in [-0.4, -0.2) is 52.6 Å². The highest BCUT2D eigenvalue weighted by atomic mass is 16.5. The number of likely N-dealkylation sites (N-methyl/N-ethyl adjacent to an activating group) is 1. The van der Waals surface area contributed by atoms with Gasteiger partial charge in [-0.2, -0.15) is 0 Å². The van der Waals surface area contributed by atoms with E-state index in [1.165, 1.54) is 0 Å². The van der Waals surface area contributed by atoms with Crippen LogP contribution >= 0.6 is 0 Å². The third-order valence-electron chi connectivity index (χ3n) is 6.56. The van der Waals surface area contributed by atoms with Crippen LogP contribution < -0.4 is 10.5 Å². The molecule has 0 aliphatic rings. The van der Waals surface area contributed by atoms with Gasteiger partial charge >= 0.3 is 0 Å².